The number of hydrogen-bond donors (Lipinski definition) is 0. The van der Waals surface area contributed by atoms with Crippen LogP contribution in [0.2, 0.25) is 0 Å². The molecule has 0 aliphatic heterocycles. The molecule has 2 aromatic rings. The fourth-order valence-corrected chi connectivity index (χ4v) is 2.19. The number of Topliss-reactive ketones (excluding diaryl/α,β-unsaturated/α-hetero) is 1. The largest absolute Gasteiger partial charge is 0.364 e. The van der Waals surface area contributed by atoms with Gasteiger partial charge < -0.3 is 9.09 Å². The number of nitrogens with zero attached hydrogens (tertiary/aromatic N) is 2. The maximum absolute atomic E-state index is 11.7. The number of carbonyl (C=O) groups is 1. The van der Waals surface area contributed by atoms with Crippen molar-refractivity contribution in [3.05, 3.63) is 41.5 Å². The third-order valence-corrected chi connectivity index (χ3v) is 2.96. The summed E-state index contributed by atoms with van der Waals surface area (Å²) in [7, 11) is 0. The van der Waals surface area contributed by atoms with Gasteiger partial charge in [-0.2, -0.15) is 0 Å². The topological polar surface area (TPSA) is 48.0 Å². The molecular formula is C12H12N2O2. The molecule has 0 unspecified atom stereocenters. The summed E-state index contributed by atoms with van der Waals surface area (Å²) in [6.07, 6.45) is 9.98. The summed E-state index contributed by atoms with van der Waals surface area (Å²) in [5.74, 6) is 0.269. The highest BCUT2D eigenvalue weighted by molar-refractivity contribution is 5.98. The van der Waals surface area contributed by atoms with Crippen molar-refractivity contribution in [3.8, 4) is 0 Å². The molecule has 4 nitrogen and oxygen atoms in total. The quantitative estimate of drug-likeness (QED) is 0.771. The number of fused-ring (bicyclic) bond motifs is 1. The fraction of sp³-hybridized carbons (Fsp3) is 0.333. The van der Waals surface area contributed by atoms with E-state index in [9.17, 15) is 4.79 Å². The Labute approximate surface area is 92.9 Å². The van der Waals surface area contributed by atoms with Gasteiger partial charge in [0.2, 0.25) is 0 Å². The lowest BCUT2D eigenvalue weighted by Gasteiger charge is -2.07. The molecule has 1 aliphatic carbocycles. The van der Waals surface area contributed by atoms with E-state index in [4.69, 9.17) is 4.52 Å². The molecule has 0 bridgehead atoms. The second-order valence-corrected chi connectivity index (χ2v) is 4.18. The van der Waals surface area contributed by atoms with Gasteiger partial charge in [0.15, 0.2) is 5.78 Å². The first-order valence-electron chi connectivity index (χ1n) is 5.43. The Morgan fingerprint density at radius 1 is 1.38 bits per heavy atom. The van der Waals surface area contributed by atoms with Gasteiger partial charge in [-0.15, -0.1) is 0 Å². The van der Waals surface area contributed by atoms with Crippen LogP contribution in [0.3, 0.4) is 0 Å². The minimum absolute atomic E-state index is 0.269. The molecule has 0 spiro atoms. The van der Waals surface area contributed by atoms with Crippen LogP contribution in [0.1, 0.15) is 34.3 Å². The van der Waals surface area contributed by atoms with Crippen molar-refractivity contribution < 1.29 is 9.32 Å². The van der Waals surface area contributed by atoms with Crippen molar-refractivity contribution >= 4 is 5.78 Å². The Bertz CT molecular complexity index is 511. The number of rotatable bonds is 2. The number of aromatic nitrogens is 2. The zero-order valence-electron chi connectivity index (χ0n) is 8.85. The molecule has 2 heterocycles. The zero-order chi connectivity index (χ0) is 11.0. The molecule has 2 aromatic heterocycles. The maximum Gasteiger partial charge on any atom is 0.164 e. The second-order valence-electron chi connectivity index (χ2n) is 4.18. The van der Waals surface area contributed by atoms with E-state index in [-0.39, 0.29) is 5.78 Å². The van der Waals surface area contributed by atoms with E-state index in [1.807, 2.05) is 10.8 Å². The van der Waals surface area contributed by atoms with E-state index in [0.29, 0.717) is 13.0 Å². The van der Waals surface area contributed by atoms with Crippen LogP contribution < -0.4 is 0 Å². The minimum atomic E-state index is 0.269. The Morgan fingerprint density at radius 3 is 3.06 bits per heavy atom. The van der Waals surface area contributed by atoms with Crippen LogP contribution in [0.5, 0.6) is 0 Å². The van der Waals surface area contributed by atoms with Gasteiger partial charge in [0.25, 0.3) is 0 Å². The van der Waals surface area contributed by atoms with Gasteiger partial charge in [-0.3, -0.25) is 4.79 Å². The van der Waals surface area contributed by atoms with Crippen LogP contribution in [0.4, 0.5) is 0 Å². The number of carbonyl (C=O) groups excluding carboxylic acids is 1. The number of aryl methyl sites for hydroxylation is 1. The molecule has 3 rings (SSSR count). The predicted octanol–water partition coefficient (Wildman–Crippen LogP) is 2.04. The molecule has 1 aliphatic rings. The fourth-order valence-electron chi connectivity index (χ4n) is 2.19. The van der Waals surface area contributed by atoms with Crippen molar-refractivity contribution in [2.24, 2.45) is 0 Å². The van der Waals surface area contributed by atoms with Crippen LogP contribution in [0.15, 0.2) is 29.4 Å². The molecule has 0 N–H and O–H groups in total. The molecule has 4 heteroatoms. The van der Waals surface area contributed by atoms with Crippen LogP contribution in [0.25, 0.3) is 0 Å². The van der Waals surface area contributed by atoms with Gasteiger partial charge in [0.1, 0.15) is 6.26 Å². The average molecular weight is 216 g/mol. The van der Waals surface area contributed by atoms with E-state index >= 15 is 0 Å². The van der Waals surface area contributed by atoms with E-state index in [0.717, 1.165) is 24.0 Å². The smallest absolute Gasteiger partial charge is 0.164 e. The van der Waals surface area contributed by atoms with Crippen molar-refractivity contribution in [1.82, 2.24) is 9.72 Å². The summed E-state index contributed by atoms with van der Waals surface area (Å²) in [5, 5.41) is 3.66. The average Bonchev–Trinajstić information content (AvgIpc) is 2.88. The van der Waals surface area contributed by atoms with Crippen molar-refractivity contribution in [3.63, 3.8) is 0 Å². The van der Waals surface area contributed by atoms with Gasteiger partial charge in [-0.1, -0.05) is 5.16 Å². The molecule has 16 heavy (non-hydrogen) atoms. The number of ketones is 1. The number of hydrogen-bond acceptors (Lipinski definition) is 3. The van der Waals surface area contributed by atoms with Crippen LogP contribution in [-0.4, -0.2) is 15.5 Å². The van der Waals surface area contributed by atoms with Gasteiger partial charge in [-0.25, -0.2) is 0 Å². The molecule has 0 aromatic carbocycles. The Hall–Kier alpha value is -1.84. The molecule has 0 amide bonds. The summed E-state index contributed by atoms with van der Waals surface area (Å²) in [6, 6.07) is 0. The highest BCUT2D eigenvalue weighted by Gasteiger charge is 2.19. The Kier molecular flexibility index (Phi) is 2.13. The van der Waals surface area contributed by atoms with Gasteiger partial charge in [0, 0.05) is 29.9 Å². The highest BCUT2D eigenvalue weighted by Crippen LogP contribution is 2.22. The Balaban J connectivity index is 1.89. The summed E-state index contributed by atoms with van der Waals surface area (Å²) >= 11 is 0. The van der Waals surface area contributed by atoms with Gasteiger partial charge >= 0.3 is 0 Å². The first-order chi connectivity index (χ1) is 7.83. The van der Waals surface area contributed by atoms with Crippen LogP contribution >= 0.6 is 0 Å². The van der Waals surface area contributed by atoms with E-state index < -0.39 is 0 Å². The predicted molar refractivity (Wildman–Crippen MR) is 57.3 cm³/mol. The molecule has 0 radical (unpaired) electrons. The normalized spacial score (nSPS) is 15.1. The van der Waals surface area contributed by atoms with E-state index in [1.165, 1.54) is 5.56 Å². The van der Waals surface area contributed by atoms with Crippen molar-refractivity contribution in [2.45, 2.75) is 25.8 Å². The molecule has 0 saturated carbocycles. The highest BCUT2D eigenvalue weighted by atomic mass is 16.5. The lowest BCUT2D eigenvalue weighted by Crippen LogP contribution is -2.07. The third-order valence-electron chi connectivity index (χ3n) is 2.96. The van der Waals surface area contributed by atoms with Gasteiger partial charge in [-0.05, 0) is 18.4 Å². The van der Waals surface area contributed by atoms with Crippen LogP contribution in [-0.2, 0) is 13.0 Å². The second kappa shape index (κ2) is 3.63. The lowest BCUT2D eigenvalue weighted by molar-refractivity contribution is 0.0973. The molecule has 0 fully saturated rings. The maximum atomic E-state index is 11.7. The van der Waals surface area contributed by atoms with E-state index in [1.54, 1.807) is 12.5 Å². The first kappa shape index (κ1) is 9.39. The summed E-state index contributed by atoms with van der Waals surface area (Å²) in [6.45, 7) is 0.712. The van der Waals surface area contributed by atoms with Crippen molar-refractivity contribution in [1.29, 1.82) is 0 Å². The first-order valence-corrected chi connectivity index (χ1v) is 5.43. The summed E-state index contributed by atoms with van der Waals surface area (Å²) in [5.41, 5.74) is 3.08. The van der Waals surface area contributed by atoms with Crippen LogP contribution in [0, 0.1) is 0 Å². The van der Waals surface area contributed by atoms with Gasteiger partial charge in [0.05, 0.1) is 12.7 Å². The summed E-state index contributed by atoms with van der Waals surface area (Å²) in [4.78, 5) is 11.7. The lowest BCUT2D eigenvalue weighted by atomic mass is 9.95. The molecule has 0 atom stereocenters. The Morgan fingerprint density at radius 2 is 2.31 bits per heavy atom. The zero-order valence-corrected chi connectivity index (χ0v) is 8.85. The monoisotopic (exact) mass is 216 g/mol. The summed E-state index contributed by atoms with van der Waals surface area (Å²) < 4.78 is 6.81. The standard InChI is InChI=1S/C12H12N2O2/c15-12-3-1-2-10-6-14(7-11(10)12)5-9-4-13-16-8-9/h4,6-8H,1-3,5H2. The third kappa shape index (κ3) is 1.56. The molecule has 82 valence electrons. The molecular weight excluding hydrogens is 204 g/mol. The molecule has 0 saturated heterocycles. The van der Waals surface area contributed by atoms with Crippen molar-refractivity contribution in [2.75, 3.05) is 0 Å². The SMILES string of the molecule is O=C1CCCc2cn(Cc3cnoc3)cc21. The minimum Gasteiger partial charge on any atom is -0.364 e. The van der Waals surface area contributed by atoms with E-state index in [2.05, 4.69) is 11.4 Å².